The Morgan fingerprint density at radius 2 is 2.25 bits per heavy atom. The van der Waals surface area contributed by atoms with Gasteiger partial charge < -0.3 is 0 Å². The predicted molar refractivity (Wildman–Crippen MR) is 67.8 cm³/mol. The van der Waals surface area contributed by atoms with Crippen LogP contribution in [0, 0.1) is 0 Å². The number of sulfonamides is 1. The number of nitrogens with one attached hydrogen (secondary N) is 1. The normalized spacial score (nSPS) is 11.3. The van der Waals surface area contributed by atoms with Crippen LogP contribution in [0.3, 0.4) is 0 Å². The Morgan fingerprint density at radius 1 is 1.50 bits per heavy atom. The molecule has 1 rings (SSSR count). The van der Waals surface area contributed by atoms with Gasteiger partial charge in [0.2, 0.25) is 10.0 Å². The lowest BCUT2D eigenvalue weighted by Crippen LogP contribution is -2.28. The summed E-state index contributed by atoms with van der Waals surface area (Å²) in [6.45, 7) is 3.77. The van der Waals surface area contributed by atoms with Crippen molar-refractivity contribution in [3.63, 3.8) is 0 Å². The van der Waals surface area contributed by atoms with Crippen LogP contribution >= 0.6 is 15.9 Å². The van der Waals surface area contributed by atoms with Crippen LogP contribution in [0.1, 0.15) is 5.69 Å². The van der Waals surface area contributed by atoms with Crippen LogP contribution in [-0.2, 0) is 16.4 Å². The van der Waals surface area contributed by atoms with Gasteiger partial charge in [0.1, 0.15) is 0 Å². The van der Waals surface area contributed by atoms with Crippen LogP contribution in [0.4, 0.5) is 0 Å². The van der Waals surface area contributed by atoms with Gasteiger partial charge in [-0.2, -0.15) is 0 Å². The van der Waals surface area contributed by atoms with Gasteiger partial charge in [-0.3, -0.25) is 4.98 Å². The lowest BCUT2D eigenvalue weighted by molar-refractivity contribution is 0.584. The smallest absolute Gasteiger partial charge is 0.212 e. The van der Waals surface area contributed by atoms with E-state index in [2.05, 4.69) is 32.2 Å². The summed E-state index contributed by atoms with van der Waals surface area (Å²) in [5, 5.41) is 0. The second-order valence-corrected chi connectivity index (χ2v) is 6.28. The number of hydrogen-bond donors (Lipinski definition) is 1. The SMILES string of the molecule is C=C(Br)CNS(=O)(=O)CCc1ccccn1. The average molecular weight is 305 g/mol. The first-order chi connectivity index (χ1) is 7.49. The lowest BCUT2D eigenvalue weighted by Gasteiger charge is -2.05. The van der Waals surface area contributed by atoms with Crippen molar-refractivity contribution in [2.75, 3.05) is 12.3 Å². The molecule has 0 aliphatic heterocycles. The second-order valence-electron chi connectivity index (χ2n) is 3.23. The van der Waals surface area contributed by atoms with E-state index in [4.69, 9.17) is 0 Å². The molecule has 6 heteroatoms. The van der Waals surface area contributed by atoms with Crippen LogP contribution in [0.15, 0.2) is 35.5 Å². The molecule has 0 bridgehead atoms. The minimum atomic E-state index is -3.26. The monoisotopic (exact) mass is 304 g/mol. The molecule has 1 aromatic heterocycles. The highest BCUT2D eigenvalue weighted by Gasteiger charge is 2.10. The summed E-state index contributed by atoms with van der Waals surface area (Å²) in [6.07, 6.45) is 2.06. The predicted octanol–water partition coefficient (Wildman–Crippen LogP) is 1.45. The summed E-state index contributed by atoms with van der Waals surface area (Å²) in [5.74, 6) is 0.0320. The van der Waals surface area contributed by atoms with E-state index in [0.29, 0.717) is 10.9 Å². The van der Waals surface area contributed by atoms with E-state index >= 15 is 0 Å². The zero-order valence-corrected chi connectivity index (χ0v) is 11.1. The standard InChI is InChI=1S/C10H13BrN2O2S/c1-9(11)8-13-16(14,15)7-5-10-4-2-3-6-12-10/h2-4,6,13H,1,5,7-8H2. The molecule has 0 radical (unpaired) electrons. The minimum Gasteiger partial charge on any atom is -0.261 e. The van der Waals surface area contributed by atoms with Gasteiger partial charge in [0.25, 0.3) is 0 Å². The zero-order valence-electron chi connectivity index (χ0n) is 8.69. The van der Waals surface area contributed by atoms with Gasteiger partial charge in [-0.05, 0) is 12.1 Å². The molecule has 1 aromatic rings. The molecule has 0 aliphatic rings. The maximum Gasteiger partial charge on any atom is 0.212 e. The van der Waals surface area contributed by atoms with Crippen molar-refractivity contribution in [2.24, 2.45) is 0 Å². The fourth-order valence-corrected chi connectivity index (χ4v) is 2.39. The number of pyridine rings is 1. The van der Waals surface area contributed by atoms with Gasteiger partial charge in [0.05, 0.1) is 5.75 Å². The van der Waals surface area contributed by atoms with Crippen molar-refractivity contribution in [1.82, 2.24) is 9.71 Å². The molecule has 1 heterocycles. The molecule has 0 unspecified atom stereocenters. The van der Waals surface area contributed by atoms with Crippen molar-refractivity contribution in [1.29, 1.82) is 0 Å². The molecule has 0 fully saturated rings. The van der Waals surface area contributed by atoms with E-state index in [1.54, 1.807) is 18.3 Å². The van der Waals surface area contributed by atoms with E-state index < -0.39 is 10.0 Å². The van der Waals surface area contributed by atoms with Gasteiger partial charge in [-0.1, -0.05) is 28.6 Å². The second kappa shape index (κ2) is 6.12. The molecule has 0 atom stereocenters. The highest BCUT2D eigenvalue weighted by molar-refractivity contribution is 9.11. The van der Waals surface area contributed by atoms with Gasteiger partial charge in [0.15, 0.2) is 0 Å². The topological polar surface area (TPSA) is 59.1 Å². The Bertz CT molecular complexity index is 445. The van der Waals surface area contributed by atoms with Crippen LogP contribution < -0.4 is 4.72 Å². The number of halogens is 1. The Morgan fingerprint density at radius 3 is 2.81 bits per heavy atom. The first-order valence-corrected chi connectivity index (χ1v) is 7.15. The third-order valence-electron chi connectivity index (χ3n) is 1.84. The van der Waals surface area contributed by atoms with E-state index in [1.807, 2.05) is 6.07 Å². The Balaban J connectivity index is 2.45. The van der Waals surface area contributed by atoms with Crippen molar-refractivity contribution in [3.8, 4) is 0 Å². The minimum absolute atomic E-state index is 0.0320. The van der Waals surface area contributed by atoms with Crippen molar-refractivity contribution < 1.29 is 8.42 Å². The van der Waals surface area contributed by atoms with Crippen LogP contribution in [-0.4, -0.2) is 25.7 Å². The summed E-state index contributed by atoms with van der Waals surface area (Å²) in [6, 6.07) is 5.44. The Hall–Kier alpha value is -0.720. The molecular weight excluding hydrogens is 292 g/mol. The third-order valence-corrected chi connectivity index (χ3v) is 3.44. The largest absolute Gasteiger partial charge is 0.261 e. The molecule has 0 aromatic carbocycles. The molecule has 0 aliphatic carbocycles. The molecule has 0 spiro atoms. The highest BCUT2D eigenvalue weighted by atomic mass is 79.9. The number of nitrogens with zero attached hydrogens (tertiary/aromatic N) is 1. The van der Waals surface area contributed by atoms with Crippen LogP contribution in [0.5, 0.6) is 0 Å². The fraction of sp³-hybridized carbons (Fsp3) is 0.300. The Labute approximate surface area is 104 Å². The summed E-state index contributed by atoms with van der Waals surface area (Å²) >= 11 is 3.09. The number of aromatic nitrogens is 1. The first-order valence-electron chi connectivity index (χ1n) is 4.70. The van der Waals surface area contributed by atoms with Gasteiger partial charge in [0, 0.05) is 29.3 Å². The molecular formula is C10H13BrN2O2S. The van der Waals surface area contributed by atoms with Gasteiger partial charge >= 0.3 is 0 Å². The first kappa shape index (κ1) is 13.3. The highest BCUT2D eigenvalue weighted by Crippen LogP contribution is 2.00. The van der Waals surface area contributed by atoms with Gasteiger partial charge in [-0.15, -0.1) is 0 Å². The zero-order chi connectivity index (χ0) is 12.0. The summed E-state index contributed by atoms with van der Waals surface area (Å²) in [5.41, 5.74) is 0.769. The molecule has 16 heavy (non-hydrogen) atoms. The van der Waals surface area contributed by atoms with E-state index in [9.17, 15) is 8.42 Å². The molecule has 1 N–H and O–H groups in total. The maximum atomic E-state index is 11.5. The molecule has 0 amide bonds. The third kappa shape index (κ3) is 5.39. The molecule has 4 nitrogen and oxygen atoms in total. The van der Waals surface area contributed by atoms with E-state index in [-0.39, 0.29) is 12.3 Å². The molecule has 88 valence electrons. The van der Waals surface area contributed by atoms with E-state index in [0.717, 1.165) is 5.69 Å². The van der Waals surface area contributed by atoms with E-state index in [1.165, 1.54) is 0 Å². The van der Waals surface area contributed by atoms with Gasteiger partial charge in [-0.25, -0.2) is 13.1 Å². The molecule has 0 saturated carbocycles. The number of hydrogen-bond acceptors (Lipinski definition) is 3. The summed E-state index contributed by atoms with van der Waals surface area (Å²) in [4.78, 5) is 4.06. The van der Waals surface area contributed by atoms with Crippen LogP contribution in [0.2, 0.25) is 0 Å². The molecule has 0 saturated heterocycles. The Kier molecular flexibility index (Phi) is 5.11. The fourth-order valence-electron chi connectivity index (χ4n) is 1.05. The maximum absolute atomic E-state index is 11.5. The van der Waals surface area contributed by atoms with Crippen molar-refractivity contribution in [2.45, 2.75) is 6.42 Å². The van der Waals surface area contributed by atoms with Crippen molar-refractivity contribution in [3.05, 3.63) is 41.2 Å². The summed E-state index contributed by atoms with van der Waals surface area (Å²) < 4.78 is 26.0. The number of aryl methyl sites for hydroxylation is 1. The van der Waals surface area contributed by atoms with Crippen LogP contribution in [0.25, 0.3) is 0 Å². The summed E-state index contributed by atoms with van der Waals surface area (Å²) in [7, 11) is -3.26. The quantitative estimate of drug-likeness (QED) is 0.865. The number of rotatable bonds is 6. The lowest BCUT2D eigenvalue weighted by atomic mass is 10.3. The average Bonchev–Trinajstić information content (AvgIpc) is 2.26. The van der Waals surface area contributed by atoms with Crippen molar-refractivity contribution >= 4 is 26.0 Å².